The Morgan fingerprint density at radius 2 is 1.44 bits per heavy atom. The van der Waals surface area contributed by atoms with Crippen LogP contribution in [-0.4, -0.2) is 22.6 Å². The summed E-state index contributed by atoms with van der Waals surface area (Å²) in [7, 11) is 0. The van der Waals surface area contributed by atoms with E-state index < -0.39 is 0 Å². The molecule has 0 aromatic carbocycles. The van der Waals surface area contributed by atoms with Crippen molar-refractivity contribution in [3.8, 4) is 0 Å². The van der Waals surface area contributed by atoms with Crippen LogP contribution in [0.4, 0.5) is 0 Å². The van der Waals surface area contributed by atoms with Crippen molar-refractivity contribution in [2.75, 3.05) is 6.54 Å². The Labute approximate surface area is 107 Å². The second-order valence-electron chi connectivity index (χ2n) is 6.50. The van der Waals surface area contributed by atoms with Crippen molar-refractivity contribution in [3.05, 3.63) is 0 Å². The zero-order valence-corrected chi connectivity index (χ0v) is 13.2. The van der Waals surface area contributed by atoms with Gasteiger partial charge >= 0.3 is 0 Å². The van der Waals surface area contributed by atoms with Crippen LogP contribution in [0.5, 0.6) is 0 Å². The number of nitrogens with one attached hydrogen (secondary N) is 1. The van der Waals surface area contributed by atoms with E-state index in [9.17, 15) is 0 Å². The fourth-order valence-corrected chi connectivity index (χ4v) is 2.64. The van der Waals surface area contributed by atoms with E-state index in [1.807, 2.05) is 0 Å². The molecule has 1 N–H and O–H groups in total. The maximum absolute atomic E-state index is 3.63. The molecule has 0 heterocycles. The van der Waals surface area contributed by atoms with Crippen molar-refractivity contribution in [3.63, 3.8) is 0 Å². The molecular weight excluding hydrogens is 214 g/mol. The minimum absolute atomic E-state index is 0.231. The minimum Gasteiger partial charge on any atom is -0.311 e. The molecule has 98 valence electrons. The molecule has 16 heavy (non-hydrogen) atoms. The van der Waals surface area contributed by atoms with E-state index in [0.29, 0.717) is 0 Å². The van der Waals surface area contributed by atoms with Crippen LogP contribution in [-0.2, 0) is 0 Å². The minimum atomic E-state index is 0.231. The summed E-state index contributed by atoms with van der Waals surface area (Å²) in [6, 6.07) is 0. The maximum Gasteiger partial charge on any atom is 0.0198 e. The van der Waals surface area contributed by atoms with Gasteiger partial charge in [0, 0.05) is 22.6 Å². The van der Waals surface area contributed by atoms with Gasteiger partial charge in [0.15, 0.2) is 0 Å². The predicted octanol–water partition coefficient (Wildman–Crippen LogP) is 4.18. The normalized spacial score (nSPS) is 16.9. The van der Waals surface area contributed by atoms with Gasteiger partial charge in [-0.2, -0.15) is 11.8 Å². The van der Waals surface area contributed by atoms with Crippen molar-refractivity contribution >= 4 is 11.8 Å². The second-order valence-corrected chi connectivity index (χ2v) is 8.12. The lowest BCUT2D eigenvalue weighted by Gasteiger charge is -2.30. The van der Waals surface area contributed by atoms with Crippen LogP contribution in [0.15, 0.2) is 0 Å². The molecule has 0 aliphatic rings. The predicted molar refractivity (Wildman–Crippen MR) is 78.3 cm³/mol. The molecule has 0 bridgehead atoms. The summed E-state index contributed by atoms with van der Waals surface area (Å²) in [5.41, 5.74) is 0.231. The summed E-state index contributed by atoms with van der Waals surface area (Å²) in [4.78, 5) is 0. The molecule has 0 amide bonds. The number of thioether (sulfide) groups is 1. The van der Waals surface area contributed by atoms with Crippen molar-refractivity contribution < 1.29 is 0 Å². The van der Waals surface area contributed by atoms with Crippen LogP contribution in [0.3, 0.4) is 0 Å². The summed E-state index contributed by atoms with van der Waals surface area (Å²) in [6.07, 6.45) is 0. The van der Waals surface area contributed by atoms with Gasteiger partial charge in [0.25, 0.3) is 0 Å². The summed E-state index contributed by atoms with van der Waals surface area (Å²) in [6.45, 7) is 19.5. The van der Waals surface area contributed by atoms with E-state index in [-0.39, 0.29) is 5.54 Å². The van der Waals surface area contributed by atoms with Crippen molar-refractivity contribution in [2.24, 2.45) is 11.8 Å². The van der Waals surface area contributed by atoms with Gasteiger partial charge in [-0.25, -0.2) is 0 Å². The Morgan fingerprint density at radius 3 is 1.75 bits per heavy atom. The van der Waals surface area contributed by atoms with Gasteiger partial charge in [-0.05, 0) is 32.6 Å². The highest BCUT2D eigenvalue weighted by molar-refractivity contribution is 8.00. The van der Waals surface area contributed by atoms with Crippen LogP contribution in [0.1, 0.15) is 55.4 Å². The molecule has 0 saturated carbocycles. The lowest BCUT2D eigenvalue weighted by molar-refractivity contribution is 0.407. The molecule has 0 saturated heterocycles. The van der Waals surface area contributed by atoms with Crippen LogP contribution < -0.4 is 5.32 Å². The summed E-state index contributed by atoms with van der Waals surface area (Å²) in [5.74, 6) is 1.50. The standard InChI is InChI=1S/C14H31NS/c1-10(2)12(5)16-13(11(3)4)9-15-14(6,7)8/h10-13,15H,9H2,1-8H3. The third-order valence-electron chi connectivity index (χ3n) is 2.91. The highest BCUT2D eigenvalue weighted by Crippen LogP contribution is 2.28. The fourth-order valence-electron chi connectivity index (χ4n) is 1.28. The second kappa shape index (κ2) is 6.90. The summed E-state index contributed by atoms with van der Waals surface area (Å²) >= 11 is 2.14. The quantitative estimate of drug-likeness (QED) is 0.753. The first-order chi connectivity index (χ1) is 7.13. The van der Waals surface area contributed by atoms with E-state index in [2.05, 4.69) is 72.5 Å². The van der Waals surface area contributed by atoms with Gasteiger partial charge < -0.3 is 5.32 Å². The molecule has 0 aliphatic heterocycles. The first kappa shape index (κ1) is 16.3. The van der Waals surface area contributed by atoms with Crippen LogP contribution in [0.2, 0.25) is 0 Å². The molecule has 0 aliphatic carbocycles. The monoisotopic (exact) mass is 245 g/mol. The van der Waals surface area contributed by atoms with Gasteiger partial charge in [-0.1, -0.05) is 34.6 Å². The lowest BCUT2D eigenvalue weighted by atomic mass is 10.1. The third kappa shape index (κ3) is 7.56. The largest absolute Gasteiger partial charge is 0.311 e. The average Bonchev–Trinajstić information content (AvgIpc) is 2.09. The summed E-state index contributed by atoms with van der Waals surface area (Å²) in [5, 5.41) is 5.09. The molecule has 0 aromatic heterocycles. The van der Waals surface area contributed by atoms with E-state index >= 15 is 0 Å². The van der Waals surface area contributed by atoms with Crippen molar-refractivity contribution in [1.29, 1.82) is 0 Å². The number of hydrogen-bond donors (Lipinski definition) is 1. The Hall–Kier alpha value is 0.310. The van der Waals surface area contributed by atoms with Gasteiger partial charge in [0.2, 0.25) is 0 Å². The number of hydrogen-bond acceptors (Lipinski definition) is 2. The zero-order chi connectivity index (χ0) is 12.9. The SMILES string of the molecule is CC(C)C(C)SC(CNC(C)(C)C)C(C)C. The van der Waals surface area contributed by atoms with Crippen molar-refractivity contribution in [1.82, 2.24) is 5.32 Å². The van der Waals surface area contributed by atoms with Gasteiger partial charge in [-0.3, -0.25) is 0 Å². The molecule has 0 rings (SSSR count). The molecule has 0 radical (unpaired) electrons. The topological polar surface area (TPSA) is 12.0 Å². The average molecular weight is 245 g/mol. The van der Waals surface area contributed by atoms with Crippen LogP contribution in [0.25, 0.3) is 0 Å². The van der Waals surface area contributed by atoms with E-state index in [0.717, 1.165) is 28.9 Å². The van der Waals surface area contributed by atoms with Crippen LogP contribution in [0, 0.1) is 11.8 Å². The highest BCUT2D eigenvalue weighted by Gasteiger charge is 2.21. The van der Waals surface area contributed by atoms with Gasteiger partial charge in [0.1, 0.15) is 0 Å². The molecule has 0 aromatic rings. The van der Waals surface area contributed by atoms with Crippen molar-refractivity contribution in [2.45, 2.75) is 71.4 Å². The molecule has 1 nitrogen and oxygen atoms in total. The Kier molecular flexibility index (Phi) is 7.04. The third-order valence-corrected chi connectivity index (χ3v) is 4.94. The van der Waals surface area contributed by atoms with E-state index in [1.54, 1.807) is 0 Å². The first-order valence-corrected chi connectivity index (χ1v) is 7.48. The number of rotatable bonds is 6. The Bertz CT molecular complexity index is 182. The zero-order valence-electron chi connectivity index (χ0n) is 12.4. The fraction of sp³-hybridized carbons (Fsp3) is 1.00. The lowest BCUT2D eigenvalue weighted by Crippen LogP contribution is -2.41. The molecular formula is C14H31NS. The Balaban J connectivity index is 4.18. The highest BCUT2D eigenvalue weighted by atomic mass is 32.2. The summed E-state index contributed by atoms with van der Waals surface area (Å²) < 4.78 is 0. The van der Waals surface area contributed by atoms with Gasteiger partial charge in [-0.15, -0.1) is 0 Å². The maximum atomic E-state index is 3.63. The van der Waals surface area contributed by atoms with Gasteiger partial charge in [0.05, 0.1) is 0 Å². The molecule has 2 atom stereocenters. The molecule has 2 unspecified atom stereocenters. The first-order valence-electron chi connectivity index (χ1n) is 6.54. The van der Waals surface area contributed by atoms with Crippen LogP contribution >= 0.6 is 11.8 Å². The molecule has 0 spiro atoms. The molecule has 2 heteroatoms. The molecule has 0 fully saturated rings. The Morgan fingerprint density at radius 1 is 0.938 bits per heavy atom. The smallest absolute Gasteiger partial charge is 0.0198 e. The van der Waals surface area contributed by atoms with E-state index in [4.69, 9.17) is 0 Å². The van der Waals surface area contributed by atoms with E-state index in [1.165, 1.54) is 0 Å².